The highest BCUT2D eigenvalue weighted by Crippen LogP contribution is 2.29. The molecule has 20 heavy (non-hydrogen) atoms. The van der Waals surface area contributed by atoms with Crippen LogP contribution in [-0.4, -0.2) is 7.11 Å². The van der Waals surface area contributed by atoms with Crippen molar-refractivity contribution in [2.75, 3.05) is 7.11 Å². The number of ether oxygens (including phenoxy) is 1. The molecule has 0 bridgehead atoms. The van der Waals surface area contributed by atoms with E-state index in [2.05, 4.69) is 51.1 Å². The number of aryl methyl sites for hydroxylation is 1. The summed E-state index contributed by atoms with van der Waals surface area (Å²) in [5.41, 5.74) is 11.1. The zero-order valence-corrected chi connectivity index (χ0v) is 12.7. The molecule has 0 aromatic heterocycles. The SMILES string of the molecule is COc1ccc(C)cc1C(N)c1ccc(C(C)C)cc1. The highest BCUT2D eigenvalue weighted by Gasteiger charge is 2.14. The summed E-state index contributed by atoms with van der Waals surface area (Å²) >= 11 is 0. The number of rotatable bonds is 4. The van der Waals surface area contributed by atoms with Gasteiger partial charge in [-0.25, -0.2) is 0 Å². The normalized spacial score (nSPS) is 12.5. The topological polar surface area (TPSA) is 35.2 Å². The van der Waals surface area contributed by atoms with E-state index in [4.69, 9.17) is 10.5 Å². The van der Waals surface area contributed by atoms with Crippen molar-refractivity contribution in [3.8, 4) is 5.75 Å². The van der Waals surface area contributed by atoms with Crippen LogP contribution < -0.4 is 10.5 Å². The van der Waals surface area contributed by atoms with Gasteiger partial charge in [0.1, 0.15) is 5.75 Å². The lowest BCUT2D eigenvalue weighted by atomic mass is 9.94. The zero-order chi connectivity index (χ0) is 14.7. The van der Waals surface area contributed by atoms with Crippen LogP contribution in [0.3, 0.4) is 0 Å². The molecular weight excluding hydrogens is 246 g/mol. The van der Waals surface area contributed by atoms with E-state index in [-0.39, 0.29) is 6.04 Å². The Kier molecular flexibility index (Phi) is 4.46. The van der Waals surface area contributed by atoms with E-state index >= 15 is 0 Å². The number of hydrogen-bond acceptors (Lipinski definition) is 2. The van der Waals surface area contributed by atoms with Crippen LogP contribution in [-0.2, 0) is 0 Å². The molecule has 0 saturated carbocycles. The van der Waals surface area contributed by atoms with E-state index in [1.54, 1.807) is 7.11 Å². The molecule has 0 saturated heterocycles. The van der Waals surface area contributed by atoms with Crippen LogP contribution >= 0.6 is 0 Å². The van der Waals surface area contributed by atoms with Crippen LogP contribution in [0.2, 0.25) is 0 Å². The van der Waals surface area contributed by atoms with Gasteiger partial charge in [0.15, 0.2) is 0 Å². The lowest BCUT2D eigenvalue weighted by Gasteiger charge is -2.17. The summed E-state index contributed by atoms with van der Waals surface area (Å²) in [6, 6.07) is 14.5. The molecule has 1 atom stereocenters. The van der Waals surface area contributed by atoms with Crippen LogP contribution in [0.25, 0.3) is 0 Å². The summed E-state index contributed by atoms with van der Waals surface area (Å²) in [6.45, 7) is 6.45. The fourth-order valence-corrected chi connectivity index (χ4v) is 2.36. The second-order valence-electron chi connectivity index (χ2n) is 5.54. The Labute approximate surface area is 121 Å². The third-order valence-corrected chi connectivity index (χ3v) is 3.68. The second-order valence-corrected chi connectivity index (χ2v) is 5.54. The van der Waals surface area contributed by atoms with E-state index in [1.807, 2.05) is 12.1 Å². The fraction of sp³-hybridized carbons (Fsp3) is 0.333. The van der Waals surface area contributed by atoms with Crippen LogP contribution in [0.15, 0.2) is 42.5 Å². The van der Waals surface area contributed by atoms with Gasteiger partial charge in [0.05, 0.1) is 13.2 Å². The molecule has 2 aromatic carbocycles. The van der Waals surface area contributed by atoms with E-state index in [9.17, 15) is 0 Å². The largest absolute Gasteiger partial charge is 0.496 e. The van der Waals surface area contributed by atoms with E-state index in [1.165, 1.54) is 11.1 Å². The van der Waals surface area contributed by atoms with Crippen molar-refractivity contribution in [3.63, 3.8) is 0 Å². The molecular formula is C18H23NO. The van der Waals surface area contributed by atoms with Gasteiger partial charge in [0.2, 0.25) is 0 Å². The minimum atomic E-state index is -0.161. The van der Waals surface area contributed by atoms with Gasteiger partial charge in [-0.1, -0.05) is 55.8 Å². The van der Waals surface area contributed by atoms with Crippen LogP contribution in [0.1, 0.15) is 48.1 Å². The average molecular weight is 269 g/mol. The first kappa shape index (κ1) is 14.6. The molecule has 106 valence electrons. The molecule has 0 amide bonds. The maximum atomic E-state index is 6.41. The standard InChI is InChI=1S/C18H23NO/c1-12(2)14-6-8-15(9-7-14)18(19)16-11-13(3)5-10-17(16)20-4/h5-12,18H,19H2,1-4H3. The number of nitrogens with two attached hydrogens (primary N) is 1. The summed E-state index contributed by atoms with van der Waals surface area (Å²) in [5, 5.41) is 0. The van der Waals surface area contributed by atoms with E-state index in [0.29, 0.717) is 5.92 Å². The van der Waals surface area contributed by atoms with E-state index in [0.717, 1.165) is 16.9 Å². The van der Waals surface area contributed by atoms with Crippen molar-refractivity contribution >= 4 is 0 Å². The maximum Gasteiger partial charge on any atom is 0.123 e. The highest BCUT2D eigenvalue weighted by atomic mass is 16.5. The van der Waals surface area contributed by atoms with Crippen molar-refractivity contribution < 1.29 is 4.74 Å². The van der Waals surface area contributed by atoms with Crippen molar-refractivity contribution in [1.82, 2.24) is 0 Å². The summed E-state index contributed by atoms with van der Waals surface area (Å²) in [5.74, 6) is 1.38. The first-order valence-corrected chi connectivity index (χ1v) is 7.03. The molecule has 0 aliphatic carbocycles. The van der Waals surface area contributed by atoms with Crippen molar-refractivity contribution in [1.29, 1.82) is 0 Å². The quantitative estimate of drug-likeness (QED) is 0.904. The van der Waals surface area contributed by atoms with Gasteiger partial charge in [-0.3, -0.25) is 0 Å². The molecule has 0 heterocycles. The minimum Gasteiger partial charge on any atom is -0.496 e. The van der Waals surface area contributed by atoms with Gasteiger partial charge in [0, 0.05) is 5.56 Å². The number of methoxy groups -OCH3 is 1. The molecule has 0 radical (unpaired) electrons. The Hall–Kier alpha value is -1.80. The summed E-state index contributed by atoms with van der Waals surface area (Å²) < 4.78 is 5.42. The molecule has 0 spiro atoms. The highest BCUT2D eigenvalue weighted by molar-refractivity contribution is 5.44. The monoisotopic (exact) mass is 269 g/mol. The number of benzene rings is 2. The lowest BCUT2D eigenvalue weighted by molar-refractivity contribution is 0.407. The van der Waals surface area contributed by atoms with Gasteiger partial charge in [0.25, 0.3) is 0 Å². The van der Waals surface area contributed by atoms with Crippen LogP contribution in [0.5, 0.6) is 5.75 Å². The zero-order valence-electron chi connectivity index (χ0n) is 12.7. The predicted octanol–water partition coefficient (Wildman–Crippen LogP) is 4.18. The van der Waals surface area contributed by atoms with Crippen molar-refractivity contribution in [2.24, 2.45) is 5.73 Å². The second kappa shape index (κ2) is 6.10. The third kappa shape index (κ3) is 3.02. The van der Waals surface area contributed by atoms with E-state index < -0.39 is 0 Å². The van der Waals surface area contributed by atoms with Crippen molar-refractivity contribution in [3.05, 3.63) is 64.7 Å². The molecule has 0 aliphatic rings. The first-order valence-electron chi connectivity index (χ1n) is 7.03. The number of hydrogen-bond donors (Lipinski definition) is 1. The molecule has 0 aliphatic heterocycles. The molecule has 2 heteroatoms. The molecule has 0 fully saturated rings. The van der Waals surface area contributed by atoms with Crippen LogP contribution in [0, 0.1) is 6.92 Å². The van der Waals surface area contributed by atoms with Gasteiger partial charge in [-0.2, -0.15) is 0 Å². The summed E-state index contributed by atoms with van der Waals surface area (Å²) in [7, 11) is 1.68. The minimum absolute atomic E-state index is 0.161. The molecule has 2 N–H and O–H groups in total. The Morgan fingerprint density at radius 2 is 1.55 bits per heavy atom. The molecule has 2 rings (SSSR count). The Bertz CT molecular complexity index is 572. The van der Waals surface area contributed by atoms with Gasteiger partial charge in [-0.15, -0.1) is 0 Å². The average Bonchev–Trinajstić information content (AvgIpc) is 2.46. The predicted molar refractivity (Wildman–Crippen MR) is 84.3 cm³/mol. The maximum absolute atomic E-state index is 6.41. The van der Waals surface area contributed by atoms with Gasteiger partial charge in [-0.05, 0) is 30.0 Å². The fourth-order valence-electron chi connectivity index (χ4n) is 2.36. The first-order chi connectivity index (χ1) is 9.52. The summed E-state index contributed by atoms with van der Waals surface area (Å²) in [4.78, 5) is 0. The van der Waals surface area contributed by atoms with Crippen LogP contribution in [0.4, 0.5) is 0 Å². The smallest absolute Gasteiger partial charge is 0.123 e. The Morgan fingerprint density at radius 3 is 2.10 bits per heavy atom. The molecule has 2 aromatic rings. The lowest BCUT2D eigenvalue weighted by Crippen LogP contribution is -2.13. The summed E-state index contributed by atoms with van der Waals surface area (Å²) in [6.07, 6.45) is 0. The van der Waals surface area contributed by atoms with Crippen molar-refractivity contribution in [2.45, 2.75) is 32.7 Å². The Balaban J connectivity index is 2.35. The van der Waals surface area contributed by atoms with Gasteiger partial charge < -0.3 is 10.5 Å². The van der Waals surface area contributed by atoms with Gasteiger partial charge >= 0.3 is 0 Å². The molecule has 2 nitrogen and oxygen atoms in total. The Morgan fingerprint density at radius 1 is 0.950 bits per heavy atom. The third-order valence-electron chi connectivity index (χ3n) is 3.68. The molecule has 1 unspecified atom stereocenters.